The zero-order valence-electron chi connectivity index (χ0n) is 16.3. The molecule has 0 radical (unpaired) electrons. The second kappa shape index (κ2) is 7.98. The number of benzene rings is 2. The Kier molecular flexibility index (Phi) is 5.42. The predicted octanol–water partition coefficient (Wildman–Crippen LogP) is 4.84. The quantitative estimate of drug-likeness (QED) is 0.686. The Hall–Kier alpha value is -2.30. The molecule has 0 saturated carbocycles. The van der Waals surface area contributed by atoms with Crippen LogP contribution in [0, 0.1) is 13.8 Å². The number of hydrogen-bond acceptors (Lipinski definition) is 3. The van der Waals surface area contributed by atoms with Gasteiger partial charge in [-0.1, -0.05) is 23.7 Å². The van der Waals surface area contributed by atoms with Gasteiger partial charge in [0, 0.05) is 36.2 Å². The summed E-state index contributed by atoms with van der Waals surface area (Å²) in [5.41, 5.74) is 3.31. The topological polar surface area (TPSA) is 45.3 Å². The minimum Gasteiger partial charge on any atom is -0.490 e. The van der Waals surface area contributed by atoms with Crippen LogP contribution in [0.4, 0.5) is 0 Å². The molecule has 3 aromatic rings. The molecule has 1 aliphatic heterocycles. The highest BCUT2D eigenvalue weighted by atomic mass is 35.5. The lowest BCUT2D eigenvalue weighted by atomic mass is 10.0. The van der Waals surface area contributed by atoms with Gasteiger partial charge in [0.05, 0.1) is 0 Å². The summed E-state index contributed by atoms with van der Waals surface area (Å²) < 4.78 is 6.31. The molecule has 146 valence electrons. The molecule has 0 unspecified atom stereocenters. The first-order valence-corrected chi connectivity index (χ1v) is 10.1. The minimum atomic E-state index is -0.0600. The number of likely N-dealkylation sites (tertiary alicyclic amines) is 1. The SMILES string of the molecule is Cc1ccc(CN2CCC(Oc3cc4cc[nH]c(=O)c4cc3C)CC2)c(Cl)c1. The molecular formula is C23H25ClN2O2. The monoisotopic (exact) mass is 396 g/mol. The summed E-state index contributed by atoms with van der Waals surface area (Å²) in [5.74, 6) is 0.873. The smallest absolute Gasteiger partial charge is 0.255 e. The Balaban J connectivity index is 1.40. The second-order valence-electron chi connectivity index (χ2n) is 7.70. The molecule has 28 heavy (non-hydrogen) atoms. The van der Waals surface area contributed by atoms with E-state index in [4.69, 9.17) is 16.3 Å². The summed E-state index contributed by atoms with van der Waals surface area (Å²) in [6, 6.07) is 12.1. The maximum atomic E-state index is 11.9. The standard InChI is InChI=1S/C23H25ClN2O2/c1-15-3-4-18(21(24)11-15)14-26-9-6-19(7-10-26)28-22-13-17-5-8-25-23(27)20(17)12-16(22)2/h3-5,8,11-13,19H,6-7,9-10,14H2,1-2H3,(H,25,27). The second-order valence-corrected chi connectivity index (χ2v) is 8.11. The van der Waals surface area contributed by atoms with Crippen molar-refractivity contribution in [1.82, 2.24) is 9.88 Å². The van der Waals surface area contributed by atoms with Gasteiger partial charge in [-0.2, -0.15) is 0 Å². The molecule has 1 aromatic heterocycles. The van der Waals surface area contributed by atoms with Crippen LogP contribution in [-0.4, -0.2) is 29.1 Å². The largest absolute Gasteiger partial charge is 0.490 e. The molecular weight excluding hydrogens is 372 g/mol. The third-order valence-corrected chi connectivity index (χ3v) is 5.85. The summed E-state index contributed by atoms with van der Waals surface area (Å²) in [7, 11) is 0. The Morgan fingerprint density at radius 3 is 2.68 bits per heavy atom. The van der Waals surface area contributed by atoms with E-state index in [9.17, 15) is 4.79 Å². The maximum absolute atomic E-state index is 11.9. The molecule has 0 amide bonds. The van der Waals surface area contributed by atoms with Crippen LogP contribution in [-0.2, 0) is 6.54 Å². The normalized spacial score (nSPS) is 15.8. The Morgan fingerprint density at radius 2 is 1.93 bits per heavy atom. The fourth-order valence-electron chi connectivity index (χ4n) is 3.84. The predicted molar refractivity (Wildman–Crippen MR) is 114 cm³/mol. The lowest BCUT2D eigenvalue weighted by molar-refractivity contribution is 0.0964. The molecule has 0 atom stereocenters. The molecule has 1 aliphatic rings. The van der Waals surface area contributed by atoms with Gasteiger partial charge in [-0.05, 0) is 73.0 Å². The molecule has 4 rings (SSSR count). The number of fused-ring (bicyclic) bond motifs is 1. The van der Waals surface area contributed by atoms with Gasteiger partial charge in [-0.25, -0.2) is 0 Å². The van der Waals surface area contributed by atoms with E-state index in [1.54, 1.807) is 6.20 Å². The van der Waals surface area contributed by atoms with E-state index in [2.05, 4.69) is 28.9 Å². The third-order valence-electron chi connectivity index (χ3n) is 5.50. The molecule has 1 fully saturated rings. The Bertz CT molecular complexity index is 1050. The Morgan fingerprint density at radius 1 is 1.14 bits per heavy atom. The highest BCUT2D eigenvalue weighted by Crippen LogP contribution is 2.27. The molecule has 2 heterocycles. The van der Waals surface area contributed by atoms with E-state index in [0.717, 1.165) is 54.2 Å². The molecule has 1 N–H and O–H groups in total. The van der Waals surface area contributed by atoms with Crippen LogP contribution >= 0.6 is 11.6 Å². The zero-order chi connectivity index (χ0) is 19.7. The first-order chi connectivity index (χ1) is 13.5. The number of aromatic nitrogens is 1. The van der Waals surface area contributed by atoms with Gasteiger partial charge in [0.1, 0.15) is 11.9 Å². The fraction of sp³-hybridized carbons (Fsp3) is 0.348. The van der Waals surface area contributed by atoms with E-state index in [-0.39, 0.29) is 11.7 Å². The first kappa shape index (κ1) is 19.0. The number of aromatic amines is 1. The van der Waals surface area contributed by atoms with Crippen molar-refractivity contribution in [3.8, 4) is 5.75 Å². The Labute approximate surface area is 170 Å². The van der Waals surface area contributed by atoms with Crippen molar-refractivity contribution in [1.29, 1.82) is 0 Å². The molecule has 1 saturated heterocycles. The molecule has 5 heteroatoms. The van der Waals surface area contributed by atoms with Crippen LogP contribution in [0.2, 0.25) is 5.02 Å². The number of pyridine rings is 1. The van der Waals surface area contributed by atoms with E-state index in [1.165, 1.54) is 11.1 Å². The van der Waals surface area contributed by atoms with Crippen molar-refractivity contribution in [2.45, 2.75) is 39.3 Å². The van der Waals surface area contributed by atoms with Gasteiger partial charge < -0.3 is 9.72 Å². The summed E-state index contributed by atoms with van der Waals surface area (Å²) in [6.07, 6.45) is 3.84. The van der Waals surface area contributed by atoms with Crippen LogP contribution in [0.3, 0.4) is 0 Å². The number of halogens is 1. The third kappa shape index (κ3) is 4.08. The number of piperidine rings is 1. The van der Waals surface area contributed by atoms with Crippen LogP contribution in [0.5, 0.6) is 5.75 Å². The van der Waals surface area contributed by atoms with Gasteiger partial charge in [-0.3, -0.25) is 9.69 Å². The van der Waals surface area contributed by atoms with Crippen molar-refractivity contribution >= 4 is 22.4 Å². The van der Waals surface area contributed by atoms with E-state index < -0.39 is 0 Å². The van der Waals surface area contributed by atoms with Crippen LogP contribution in [0.15, 0.2) is 47.4 Å². The first-order valence-electron chi connectivity index (χ1n) is 9.76. The molecule has 0 bridgehead atoms. The van der Waals surface area contributed by atoms with Crippen molar-refractivity contribution in [3.63, 3.8) is 0 Å². The highest BCUT2D eigenvalue weighted by molar-refractivity contribution is 6.31. The molecule has 0 aliphatic carbocycles. The van der Waals surface area contributed by atoms with Crippen molar-refractivity contribution in [2.75, 3.05) is 13.1 Å². The number of aryl methyl sites for hydroxylation is 2. The number of hydrogen-bond donors (Lipinski definition) is 1. The fourth-order valence-corrected chi connectivity index (χ4v) is 4.13. The van der Waals surface area contributed by atoms with Gasteiger partial charge in [0.25, 0.3) is 5.56 Å². The molecule has 4 nitrogen and oxygen atoms in total. The van der Waals surface area contributed by atoms with Crippen LogP contribution in [0.1, 0.15) is 29.5 Å². The van der Waals surface area contributed by atoms with Crippen molar-refractivity contribution < 1.29 is 4.74 Å². The van der Waals surface area contributed by atoms with Gasteiger partial charge in [0.2, 0.25) is 0 Å². The summed E-state index contributed by atoms with van der Waals surface area (Å²) >= 11 is 6.39. The number of H-pyrrole nitrogens is 1. The van der Waals surface area contributed by atoms with Gasteiger partial charge in [0.15, 0.2) is 0 Å². The van der Waals surface area contributed by atoms with Crippen molar-refractivity contribution in [3.05, 3.63) is 74.7 Å². The van der Waals surface area contributed by atoms with Crippen LogP contribution in [0.25, 0.3) is 10.8 Å². The van der Waals surface area contributed by atoms with E-state index in [1.807, 2.05) is 31.2 Å². The lowest BCUT2D eigenvalue weighted by Crippen LogP contribution is -2.37. The number of nitrogens with zero attached hydrogens (tertiary/aromatic N) is 1. The lowest BCUT2D eigenvalue weighted by Gasteiger charge is -2.32. The summed E-state index contributed by atoms with van der Waals surface area (Å²) in [5, 5.41) is 2.47. The van der Waals surface area contributed by atoms with Gasteiger partial charge >= 0.3 is 0 Å². The number of ether oxygens (including phenoxy) is 1. The summed E-state index contributed by atoms with van der Waals surface area (Å²) in [4.78, 5) is 17.1. The number of nitrogens with one attached hydrogen (secondary N) is 1. The maximum Gasteiger partial charge on any atom is 0.255 e. The van der Waals surface area contributed by atoms with Gasteiger partial charge in [-0.15, -0.1) is 0 Å². The molecule has 0 spiro atoms. The van der Waals surface area contributed by atoms with Crippen molar-refractivity contribution in [2.24, 2.45) is 0 Å². The average molecular weight is 397 g/mol. The molecule has 2 aromatic carbocycles. The van der Waals surface area contributed by atoms with E-state index in [0.29, 0.717) is 5.39 Å². The zero-order valence-corrected chi connectivity index (χ0v) is 17.1. The average Bonchev–Trinajstić information content (AvgIpc) is 2.67. The highest BCUT2D eigenvalue weighted by Gasteiger charge is 2.22. The minimum absolute atomic E-state index is 0.0600. The number of rotatable bonds is 4. The summed E-state index contributed by atoms with van der Waals surface area (Å²) in [6.45, 7) is 6.91. The van der Waals surface area contributed by atoms with E-state index >= 15 is 0 Å². The van der Waals surface area contributed by atoms with Crippen LogP contribution < -0.4 is 10.3 Å².